The van der Waals surface area contributed by atoms with Crippen LogP contribution >= 0.6 is 0 Å². The molecule has 0 saturated carbocycles. The fraction of sp³-hybridized carbons (Fsp3) is 0.333. The monoisotopic (exact) mass is 394 g/mol. The lowest BCUT2D eigenvalue weighted by atomic mass is 9.96. The first-order valence-corrected chi connectivity index (χ1v) is 9.59. The highest BCUT2D eigenvalue weighted by Crippen LogP contribution is 2.25. The molecule has 3 atom stereocenters. The van der Waals surface area contributed by atoms with Crippen molar-refractivity contribution in [1.29, 1.82) is 5.41 Å². The summed E-state index contributed by atoms with van der Waals surface area (Å²) in [5.41, 5.74) is 7.75. The molecule has 1 aliphatic rings. The van der Waals surface area contributed by atoms with E-state index in [1.807, 2.05) is 18.2 Å². The first-order valence-electron chi connectivity index (χ1n) is 9.59. The molecule has 29 heavy (non-hydrogen) atoms. The van der Waals surface area contributed by atoms with Crippen LogP contribution in [0.15, 0.2) is 48.7 Å². The lowest BCUT2D eigenvalue weighted by Gasteiger charge is -2.17. The number of nitrogens with zero attached hydrogens (tertiary/aromatic N) is 1. The fourth-order valence-electron chi connectivity index (χ4n) is 3.32. The number of hydrogen-bond donors (Lipinski definition) is 5. The number of carbonyl (C=O) groups excluding carboxylic acids is 2. The highest BCUT2D eigenvalue weighted by atomic mass is 16.2. The topological polar surface area (TPSA) is 133 Å². The molecular weight excluding hydrogens is 368 g/mol. The zero-order valence-corrected chi connectivity index (χ0v) is 16.3. The second kappa shape index (κ2) is 9.29. The van der Waals surface area contributed by atoms with Crippen molar-refractivity contribution in [2.75, 3.05) is 6.54 Å². The van der Waals surface area contributed by atoms with Gasteiger partial charge >= 0.3 is 0 Å². The summed E-state index contributed by atoms with van der Waals surface area (Å²) in [7, 11) is 0. The predicted molar refractivity (Wildman–Crippen MR) is 110 cm³/mol. The van der Waals surface area contributed by atoms with Crippen LogP contribution in [0.4, 0.5) is 0 Å². The third-order valence-corrected chi connectivity index (χ3v) is 5.04. The number of hydrogen-bond acceptors (Lipinski definition) is 5. The molecule has 0 aliphatic carbocycles. The van der Waals surface area contributed by atoms with Gasteiger partial charge in [0.1, 0.15) is 17.6 Å². The molecular formula is C21H26N6O2. The summed E-state index contributed by atoms with van der Waals surface area (Å²) in [6.45, 7) is 2.68. The van der Waals surface area contributed by atoms with Gasteiger partial charge in [0.05, 0.1) is 6.04 Å². The third-order valence-electron chi connectivity index (χ3n) is 5.04. The minimum atomic E-state index is -0.649. The summed E-state index contributed by atoms with van der Waals surface area (Å²) in [6.07, 6.45) is 2.27. The number of benzene rings is 1. The van der Waals surface area contributed by atoms with E-state index >= 15 is 0 Å². The van der Waals surface area contributed by atoms with Gasteiger partial charge in [-0.2, -0.15) is 0 Å². The summed E-state index contributed by atoms with van der Waals surface area (Å²) in [5.74, 6) is -0.251. The molecule has 6 N–H and O–H groups in total. The van der Waals surface area contributed by atoms with Crippen molar-refractivity contribution in [3.8, 4) is 0 Å². The van der Waals surface area contributed by atoms with E-state index in [4.69, 9.17) is 11.1 Å². The SMILES string of the molecule is C[C@H](NC(=O)[C@H]1C[C@H](c2ccccc2)CN1)C(=O)NCc1ccc(C(=N)N)nc1. The van der Waals surface area contributed by atoms with Crippen molar-refractivity contribution in [1.82, 2.24) is 20.9 Å². The number of pyridine rings is 1. The molecule has 1 fully saturated rings. The van der Waals surface area contributed by atoms with Crippen LogP contribution in [-0.4, -0.2) is 41.3 Å². The van der Waals surface area contributed by atoms with Gasteiger partial charge in [0, 0.05) is 19.3 Å². The number of nitrogens with two attached hydrogens (primary N) is 1. The Kier molecular flexibility index (Phi) is 6.56. The normalized spacial score (nSPS) is 19.3. The van der Waals surface area contributed by atoms with Crippen molar-refractivity contribution in [2.24, 2.45) is 5.73 Å². The molecule has 1 aromatic carbocycles. The van der Waals surface area contributed by atoms with Gasteiger partial charge < -0.3 is 21.7 Å². The van der Waals surface area contributed by atoms with Crippen LogP contribution in [0.3, 0.4) is 0 Å². The zero-order chi connectivity index (χ0) is 20.8. The largest absolute Gasteiger partial charge is 0.382 e. The molecule has 2 heterocycles. The van der Waals surface area contributed by atoms with Gasteiger partial charge in [-0.05, 0) is 36.5 Å². The van der Waals surface area contributed by atoms with E-state index in [-0.39, 0.29) is 30.2 Å². The van der Waals surface area contributed by atoms with E-state index in [0.717, 1.165) is 12.1 Å². The van der Waals surface area contributed by atoms with E-state index in [9.17, 15) is 9.59 Å². The second-order valence-corrected chi connectivity index (χ2v) is 7.22. The second-order valence-electron chi connectivity index (χ2n) is 7.22. The minimum absolute atomic E-state index is 0.105. The van der Waals surface area contributed by atoms with Gasteiger partial charge in [-0.15, -0.1) is 0 Å². The summed E-state index contributed by atoms with van der Waals surface area (Å²) in [5, 5.41) is 16.1. The molecule has 152 valence electrons. The van der Waals surface area contributed by atoms with Crippen molar-refractivity contribution < 1.29 is 9.59 Å². The molecule has 8 heteroatoms. The lowest BCUT2D eigenvalue weighted by molar-refractivity contribution is -0.129. The van der Waals surface area contributed by atoms with Crippen LogP contribution < -0.4 is 21.7 Å². The van der Waals surface area contributed by atoms with Crippen LogP contribution in [0, 0.1) is 5.41 Å². The number of amides is 2. The van der Waals surface area contributed by atoms with E-state index in [2.05, 4.69) is 33.1 Å². The smallest absolute Gasteiger partial charge is 0.242 e. The molecule has 3 rings (SSSR count). The molecule has 0 spiro atoms. The Morgan fingerprint density at radius 2 is 2.03 bits per heavy atom. The van der Waals surface area contributed by atoms with E-state index < -0.39 is 6.04 Å². The standard InChI is InChI=1S/C21H26N6O2/c1-13(20(28)26-11-14-7-8-17(19(22)23)24-10-14)27-21(29)18-9-16(12-25-18)15-5-3-2-4-6-15/h2-8,10,13,16,18,25H,9,11-12H2,1H3,(H3,22,23)(H,26,28)(H,27,29)/t13-,16-,18+/m0/s1. The highest BCUT2D eigenvalue weighted by Gasteiger charge is 2.31. The van der Waals surface area contributed by atoms with Crippen LogP contribution in [0.2, 0.25) is 0 Å². The third kappa shape index (κ3) is 5.39. The average molecular weight is 394 g/mol. The number of aromatic nitrogens is 1. The van der Waals surface area contributed by atoms with Gasteiger partial charge in [0.15, 0.2) is 0 Å². The Balaban J connectivity index is 1.45. The number of nitrogens with one attached hydrogen (secondary N) is 4. The van der Waals surface area contributed by atoms with Crippen LogP contribution in [0.25, 0.3) is 0 Å². The molecule has 1 saturated heterocycles. The van der Waals surface area contributed by atoms with Crippen molar-refractivity contribution in [2.45, 2.75) is 37.9 Å². The van der Waals surface area contributed by atoms with Crippen molar-refractivity contribution in [3.05, 3.63) is 65.5 Å². The van der Waals surface area contributed by atoms with Crippen LogP contribution in [0.1, 0.15) is 36.1 Å². The van der Waals surface area contributed by atoms with Crippen LogP contribution in [0.5, 0.6) is 0 Å². The Labute approximate surface area is 169 Å². The highest BCUT2D eigenvalue weighted by molar-refractivity contribution is 5.93. The van der Waals surface area contributed by atoms with E-state index in [1.165, 1.54) is 5.56 Å². The molecule has 2 aromatic rings. The number of rotatable bonds is 7. The molecule has 0 radical (unpaired) electrons. The first-order chi connectivity index (χ1) is 13.9. The van der Waals surface area contributed by atoms with Crippen LogP contribution in [-0.2, 0) is 16.1 Å². The summed E-state index contributed by atoms with van der Waals surface area (Å²) < 4.78 is 0. The Bertz CT molecular complexity index is 868. The number of nitrogen functional groups attached to an aromatic ring is 1. The van der Waals surface area contributed by atoms with Crippen molar-refractivity contribution in [3.63, 3.8) is 0 Å². The maximum atomic E-state index is 12.5. The first kappa shape index (κ1) is 20.5. The number of carbonyl (C=O) groups is 2. The van der Waals surface area contributed by atoms with Gasteiger partial charge in [0.2, 0.25) is 11.8 Å². The average Bonchev–Trinajstić information content (AvgIpc) is 3.23. The predicted octanol–water partition coefficient (Wildman–Crippen LogP) is 0.632. The van der Waals surface area contributed by atoms with Crippen molar-refractivity contribution >= 4 is 17.6 Å². The maximum Gasteiger partial charge on any atom is 0.242 e. The van der Waals surface area contributed by atoms with E-state index in [0.29, 0.717) is 18.0 Å². The van der Waals surface area contributed by atoms with Gasteiger partial charge in [-0.3, -0.25) is 20.0 Å². The summed E-state index contributed by atoms with van der Waals surface area (Å²) in [4.78, 5) is 28.9. The Hall–Kier alpha value is -3.26. The minimum Gasteiger partial charge on any atom is -0.382 e. The van der Waals surface area contributed by atoms with Gasteiger partial charge in [-0.1, -0.05) is 36.4 Å². The molecule has 8 nitrogen and oxygen atoms in total. The summed E-state index contributed by atoms with van der Waals surface area (Å²) >= 11 is 0. The molecule has 0 bridgehead atoms. The van der Waals surface area contributed by atoms with E-state index in [1.54, 1.807) is 25.3 Å². The molecule has 0 unspecified atom stereocenters. The zero-order valence-electron chi connectivity index (χ0n) is 16.3. The van der Waals surface area contributed by atoms with Gasteiger partial charge in [0.25, 0.3) is 0 Å². The quantitative estimate of drug-likeness (QED) is 0.347. The maximum absolute atomic E-state index is 12.5. The number of amidine groups is 1. The van der Waals surface area contributed by atoms with Gasteiger partial charge in [-0.25, -0.2) is 0 Å². The Morgan fingerprint density at radius 3 is 2.69 bits per heavy atom. The molecule has 1 aliphatic heterocycles. The lowest BCUT2D eigenvalue weighted by Crippen LogP contribution is -2.49. The Morgan fingerprint density at radius 1 is 1.28 bits per heavy atom. The molecule has 1 aromatic heterocycles. The molecule has 2 amide bonds. The summed E-state index contributed by atoms with van der Waals surface area (Å²) in [6, 6.07) is 12.5. The fourth-order valence-corrected chi connectivity index (χ4v) is 3.32.